The number of carbonyl (C=O) groups is 6. The average molecular weight is 494 g/mol. The minimum atomic E-state index is -1.63. The van der Waals surface area contributed by atoms with Gasteiger partial charge in [-0.05, 0) is 11.5 Å². The van der Waals surface area contributed by atoms with Gasteiger partial charge < -0.3 is 30.3 Å². The Balaban J connectivity index is 1.93. The first-order valence-corrected chi connectivity index (χ1v) is 10.5. The molecule has 14 nitrogen and oxygen atoms in total. The third kappa shape index (κ3) is 8.58. The number of ether oxygens (including phenoxy) is 2. The Kier molecular flexibility index (Phi) is 9.52. The molecular weight excluding hydrogens is 468 g/mol. The van der Waals surface area contributed by atoms with E-state index in [2.05, 4.69) is 15.4 Å². The van der Waals surface area contributed by atoms with Gasteiger partial charge in [0, 0.05) is 0 Å². The number of nitrogens with one attached hydrogen (secondary N) is 4. The summed E-state index contributed by atoms with van der Waals surface area (Å²) < 4.78 is 9.72. The first-order chi connectivity index (χ1) is 16.5. The summed E-state index contributed by atoms with van der Waals surface area (Å²) in [6.45, 7) is 3.18. The number of benzene rings is 1. The van der Waals surface area contributed by atoms with E-state index in [0.717, 1.165) is 5.56 Å². The van der Waals surface area contributed by atoms with Gasteiger partial charge in [0.1, 0.15) is 18.7 Å². The van der Waals surface area contributed by atoms with Gasteiger partial charge in [0.15, 0.2) is 12.2 Å². The van der Waals surface area contributed by atoms with Crippen LogP contribution in [-0.4, -0.2) is 70.3 Å². The molecule has 0 spiro atoms. The van der Waals surface area contributed by atoms with Gasteiger partial charge in [-0.15, -0.1) is 0 Å². The van der Waals surface area contributed by atoms with E-state index in [1.165, 1.54) is 0 Å². The number of rotatable bonds is 11. The van der Waals surface area contributed by atoms with E-state index in [-0.39, 0.29) is 6.61 Å². The summed E-state index contributed by atoms with van der Waals surface area (Å²) in [5.74, 6) is -6.16. The molecule has 1 aliphatic rings. The lowest BCUT2D eigenvalue weighted by atomic mass is 10.0. The molecule has 35 heavy (non-hydrogen) atoms. The van der Waals surface area contributed by atoms with E-state index in [1.54, 1.807) is 44.2 Å². The molecule has 1 fully saturated rings. The molecular formula is C21H26N4O10. The second kappa shape index (κ2) is 12.3. The molecule has 0 bridgehead atoms. The largest absolute Gasteiger partial charge is 0.481 e. The van der Waals surface area contributed by atoms with Crippen LogP contribution in [0.5, 0.6) is 0 Å². The summed E-state index contributed by atoms with van der Waals surface area (Å²) in [4.78, 5) is 71.0. The number of hydrogen-bond acceptors (Lipinski definition) is 8. The van der Waals surface area contributed by atoms with Crippen LogP contribution in [0.15, 0.2) is 30.3 Å². The van der Waals surface area contributed by atoms with E-state index in [4.69, 9.17) is 14.9 Å². The first kappa shape index (κ1) is 27.0. The predicted octanol–water partition coefficient (Wildman–Crippen LogP) is -1.10. The van der Waals surface area contributed by atoms with E-state index in [0.29, 0.717) is 0 Å². The lowest BCUT2D eigenvalue weighted by Crippen LogP contribution is -2.58. The molecule has 1 aromatic rings. The Labute approximate surface area is 199 Å². The summed E-state index contributed by atoms with van der Waals surface area (Å²) in [5, 5.41) is 22.4. The van der Waals surface area contributed by atoms with Crippen molar-refractivity contribution in [1.29, 1.82) is 0 Å². The molecule has 1 heterocycles. The Hall–Kier alpha value is -4.20. The lowest BCUT2D eigenvalue weighted by molar-refractivity contribution is -0.141. The highest BCUT2D eigenvalue weighted by Gasteiger charge is 2.51. The maximum absolute atomic E-state index is 12.7. The number of alkyl carbamates (subject to hydrolysis) is 1. The van der Waals surface area contributed by atoms with Crippen LogP contribution in [0.3, 0.4) is 0 Å². The van der Waals surface area contributed by atoms with Gasteiger partial charge in [-0.1, -0.05) is 44.2 Å². The maximum atomic E-state index is 12.7. The van der Waals surface area contributed by atoms with Crippen LogP contribution in [0.25, 0.3) is 0 Å². The van der Waals surface area contributed by atoms with E-state index in [1.807, 2.05) is 10.9 Å². The molecule has 1 aromatic carbocycles. The smallest absolute Gasteiger partial charge is 0.408 e. The zero-order valence-corrected chi connectivity index (χ0v) is 18.8. The fraction of sp³-hybridized carbons (Fsp3) is 0.429. The van der Waals surface area contributed by atoms with Gasteiger partial charge in [-0.3, -0.25) is 30.0 Å². The van der Waals surface area contributed by atoms with Crippen molar-refractivity contribution in [1.82, 2.24) is 21.5 Å². The molecule has 1 saturated heterocycles. The van der Waals surface area contributed by atoms with Crippen LogP contribution >= 0.6 is 0 Å². The third-order valence-corrected chi connectivity index (χ3v) is 4.75. The van der Waals surface area contributed by atoms with Crippen molar-refractivity contribution >= 4 is 35.8 Å². The summed E-state index contributed by atoms with van der Waals surface area (Å²) in [5.41, 5.74) is 4.55. The Morgan fingerprint density at radius 2 is 1.60 bits per heavy atom. The highest BCUT2D eigenvalue weighted by atomic mass is 16.6. The summed E-state index contributed by atoms with van der Waals surface area (Å²) >= 11 is 0. The van der Waals surface area contributed by atoms with Crippen LogP contribution in [0.1, 0.15) is 25.8 Å². The van der Waals surface area contributed by atoms with Crippen LogP contribution in [0.4, 0.5) is 4.79 Å². The maximum Gasteiger partial charge on any atom is 0.408 e. The number of epoxide rings is 1. The molecule has 4 atom stereocenters. The molecule has 0 aromatic heterocycles. The second-order valence-electron chi connectivity index (χ2n) is 7.88. The molecule has 4 amide bonds. The summed E-state index contributed by atoms with van der Waals surface area (Å²) in [7, 11) is 0. The molecule has 0 aliphatic carbocycles. The van der Waals surface area contributed by atoms with E-state index >= 15 is 0 Å². The van der Waals surface area contributed by atoms with Gasteiger partial charge in [0.2, 0.25) is 5.91 Å². The van der Waals surface area contributed by atoms with Gasteiger partial charge in [0.25, 0.3) is 11.8 Å². The number of hydrazine groups is 1. The quantitative estimate of drug-likeness (QED) is 0.161. The number of carboxylic acids is 2. The zero-order chi connectivity index (χ0) is 26.1. The normalized spacial score (nSPS) is 17.9. The summed E-state index contributed by atoms with van der Waals surface area (Å²) in [6.07, 6.45) is -4.39. The van der Waals surface area contributed by atoms with Crippen molar-refractivity contribution in [2.75, 3.05) is 0 Å². The van der Waals surface area contributed by atoms with E-state index in [9.17, 15) is 28.8 Å². The number of amides is 4. The standard InChI is InChI=1S/C21H26N4O10/c1-10(2)14(23-21(33)34-9-11-6-4-3-5-7-11)18(29)22-12(8-13(26)27)17(28)24-25-19(30)15-16(35-15)20(31)32/h3-7,10,12,14-16H,8-9H2,1-2H3,(H,22,29)(H,23,33)(H,24,28)(H,25,30)(H,26,27)(H,31,32)/t12-,14-,15?,16?/m0/s1. The number of carboxylic acid groups (broad SMARTS) is 2. The molecule has 0 saturated carbocycles. The van der Waals surface area contributed by atoms with Crippen LogP contribution in [0, 0.1) is 5.92 Å². The molecule has 6 N–H and O–H groups in total. The van der Waals surface area contributed by atoms with Gasteiger partial charge in [0.05, 0.1) is 6.42 Å². The van der Waals surface area contributed by atoms with Gasteiger partial charge >= 0.3 is 18.0 Å². The average Bonchev–Trinajstić information content (AvgIpc) is 3.60. The van der Waals surface area contributed by atoms with Crippen molar-refractivity contribution in [3.05, 3.63) is 35.9 Å². The van der Waals surface area contributed by atoms with E-state index < -0.39 is 72.4 Å². The minimum absolute atomic E-state index is 0.0453. The highest BCUT2D eigenvalue weighted by Crippen LogP contribution is 2.21. The third-order valence-electron chi connectivity index (χ3n) is 4.75. The Bertz CT molecular complexity index is 968. The van der Waals surface area contributed by atoms with Gasteiger partial charge in [-0.25, -0.2) is 9.59 Å². The monoisotopic (exact) mass is 494 g/mol. The summed E-state index contributed by atoms with van der Waals surface area (Å²) in [6, 6.07) is 6.01. The fourth-order valence-electron chi connectivity index (χ4n) is 2.85. The van der Waals surface area contributed by atoms with Crippen molar-refractivity contribution < 1.29 is 48.5 Å². The van der Waals surface area contributed by atoms with Gasteiger partial charge in [-0.2, -0.15) is 0 Å². The number of hydrogen-bond donors (Lipinski definition) is 6. The molecule has 2 unspecified atom stereocenters. The predicted molar refractivity (Wildman–Crippen MR) is 115 cm³/mol. The topological polar surface area (TPSA) is 213 Å². The van der Waals surface area contributed by atoms with Crippen molar-refractivity contribution in [2.24, 2.45) is 5.92 Å². The molecule has 190 valence electrons. The van der Waals surface area contributed by atoms with Crippen LogP contribution < -0.4 is 21.5 Å². The fourth-order valence-corrected chi connectivity index (χ4v) is 2.85. The van der Waals surface area contributed by atoms with Crippen molar-refractivity contribution in [2.45, 2.75) is 51.2 Å². The molecule has 14 heteroatoms. The van der Waals surface area contributed by atoms with Crippen LogP contribution in [0.2, 0.25) is 0 Å². The second-order valence-corrected chi connectivity index (χ2v) is 7.88. The zero-order valence-electron chi connectivity index (χ0n) is 18.8. The molecule has 1 aliphatic heterocycles. The first-order valence-electron chi connectivity index (χ1n) is 10.5. The highest BCUT2D eigenvalue weighted by molar-refractivity contribution is 5.96. The SMILES string of the molecule is CC(C)[C@H](NC(=O)OCc1ccccc1)C(=O)N[C@@H](CC(=O)O)C(=O)NNC(=O)C1OC1C(=O)O. The van der Waals surface area contributed by atoms with Crippen molar-refractivity contribution in [3.63, 3.8) is 0 Å². The van der Waals surface area contributed by atoms with Crippen LogP contribution in [-0.2, 0) is 40.1 Å². The molecule has 2 rings (SSSR count). The Morgan fingerprint density at radius 3 is 2.14 bits per heavy atom. The molecule has 0 radical (unpaired) electrons. The van der Waals surface area contributed by atoms with Crippen molar-refractivity contribution in [3.8, 4) is 0 Å². The number of aliphatic carboxylic acids is 2. The number of carbonyl (C=O) groups excluding carboxylic acids is 4. The lowest BCUT2D eigenvalue weighted by Gasteiger charge is -2.24. The Morgan fingerprint density at radius 1 is 0.943 bits per heavy atom. The minimum Gasteiger partial charge on any atom is -0.481 e.